The summed E-state index contributed by atoms with van der Waals surface area (Å²) in [5.41, 5.74) is 1.74. The standard InChI is InChI=1S/C21H22N2O5S/c24-19-8-5-14-11-15(6-7-16(14)22-19)27-13-21(26)28-12-20(25)23-9-1-3-17(23)18-4-2-10-29-18/h2,4,6-7,10-11,17H,1,3,5,8-9,12-13H2,(H,22,24). The van der Waals surface area contributed by atoms with E-state index in [1.807, 2.05) is 23.6 Å². The van der Waals surface area contributed by atoms with Crippen molar-refractivity contribution in [3.63, 3.8) is 0 Å². The van der Waals surface area contributed by atoms with Gasteiger partial charge < -0.3 is 19.7 Å². The number of aryl methyl sites for hydroxylation is 1. The van der Waals surface area contributed by atoms with Gasteiger partial charge in [0.05, 0.1) is 6.04 Å². The summed E-state index contributed by atoms with van der Waals surface area (Å²) >= 11 is 1.64. The average Bonchev–Trinajstić information content (AvgIpc) is 3.41. The van der Waals surface area contributed by atoms with E-state index in [1.54, 1.807) is 28.4 Å². The molecule has 1 N–H and O–H groups in total. The van der Waals surface area contributed by atoms with Crippen molar-refractivity contribution in [2.75, 3.05) is 25.1 Å². The molecule has 8 heteroatoms. The second-order valence-corrected chi connectivity index (χ2v) is 8.06. The van der Waals surface area contributed by atoms with E-state index in [4.69, 9.17) is 9.47 Å². The van der Waals surface area contributed by atoms with Crippen LogP contribution in [0.4, 0.5) is 5.69 Å². The van der Waals surface area contributed by atoms with Gasteiger partial charge in [-0.3, -0.25) is 9.59 Å². The number of nitrogens with one attached hydrogen (secondary N) is 1. The number of anilines is 1. The molecule has 0 aliphatic carbocycles. The van der Waals surface area contributed by atoms with Gasteiger partial charge in [0.15, 0.2) is 13.2 Å². The normalized spacial score (nSPS) is 18.1. The lowest BCUT2D eigenvalue weighted by Gasteiger charge is -2.23. The fourth-order valence-corrected chi connectivity index (χ4v) is 4.57. The van der Waals surface area contributed by atoms with Gasteiger partial charge in [0.25, 0.3) is 5.91 Å². The molecule has 1 atom stereocenters. The average molecular weight is 414 g/mol. The molecule has 4 rings (SSSR count). The molecular formula is C21H22N2O5S. The number of likely N-dealkylation sites (tertiary alicyclic amines) is 1. The van der Waals surface area contributed by atoms with Crippen LogP contribution in [-0.4, -0.2) is 42.4 Å². The molecule has 0 saturated carbocycles. The van der Waals surface area contributed by atoms with E-state index in [9.17, 15) is 14.4 Å². The summed E-state index contributed by atoms with van der Waals surface area (Å²) in [6.07, 6.45) is 2.95. The topological polar surface area (TPSA) is 84.9 Å². The van der Waals surface area contributed by atoms with E-state index in [-0.39, 0.29) is 31.1 Å². The number of ether oxygens (including phenoxy) is 2. The maximum Gasteiger partial charge on any atom is 0.344 e. The molecule has 0 bridgehead atoms. The molecule has 2 amide bonds. The molecule has 29 heavy (non-hydrogen) atoms. The van der Waals surface area contributed by atoms with Crippen LogP contribution in [0.5, 0.6) is 5.75 Å². The summed E-state index contributed by atoms with van der Waals surface area (Å²) in [6, 6.07) is 9.35. The van der Waals surface area contributed by atoms with Crippen LogP contribution in [0, 0.1) is 0 Å². The lowest BCUT2D eigenvalue weighted by atomic mass is 10.0. The molecule has 1 fully saturated rings. The second-order valence-electron chi connectivity index (χ2n) is 7.08. The van der Waals surface area contributed by atoms with E-state index in [1.165, 1.54) is 0 Å². The van der Waals surface area contributed by atoms with E-state index >= 15 is 0 Å². The molecule has 1 saturated heterocycles. The van der Waals surface area contributed by atoms with Crippen LogP contribution in [0.25, 0.3) is 0 Å². The molecule has 1 aromatic heterocycles. The number of amides is 2. The van der Waals surface area contributed by atoms with Crippen LogP contribution >= 0.6 is 11.3 Å². The summed E-state index contributed by atoms with van der Waals surface area (Å²) < 4.78 is 10.6. The Hall–Kier alpha value is -2.87. The number of benzene rings is 1. The van der Waals surface area contributed by atoms with Crippen molar-refractivity contribution >= 4 is 34.8 Å². The molecular weight excluding hydrogens is 392 g/mol. The summed E-state index contributed by atoms with van der Waals surface area (Å²) in [5, 5.41) is 4.80. The second kappa shape index (κ2) is 8.65. The monoisotopic (exact) mass is 414 g/mol. The van der Waals surface area contributed by atoms with Gasteiger partial charge in [-0.15, -0.1) is 11.3 Å². The van der Waals surface area contributed by atoms with Gasteiger partial charge in [-0.25, -0.2) is 4.79 Å². The third kappa shape index (κ3) is 4.59. The van der Waals surface area contributed by atoms with E-state index in [0.29, 0.717) is 25.1 Å². The van der Waals surface area contributed by atoms with E-state index in [2.05, 4.69) is 5.32 Å². The van der Waals surface area contributed by atoms with Crippen molar-refractivity contribution in [2.45, 2.75) is 31.7 Å². The molecule has 2 aliphatic heterocycles. The SMILES string of the molecule is O=C1CCc2cc(OCC(=O)OCC(=O)N3CCCC3c3cccs3)ccc2N1. The minimum absolute atomic E-state index is 0.00117. The summed E-state index contributed by atoms with van der Waals surface area (Å²) in [7, 11) is 0. The summed E-state index contributed by atoms with van der Waals surface area (Å²) in [6.45, 7) is 0.133. The van der Waals surface area contributed by atoms with Crippen LogP contribution in [0.2, 0.25) is 0 Å². The highest BCUT2D eigenvalue weighted by Gasteiger charge is 2.31. The van der Waals surface area contributed by atoms with Crippen molar-refractivity contribution in [1.82, 2.24) is 4.90 Å². The number of hydrogen-bond donors (Lipinski definition) is 1. The van der Waals surface area contributed by atoms with Crippen LogP contribution in [0.1, 0.15) is 35.7 Å². The maximum absolute atomic E-state index is 12.5. The fourth-order valence-electron chi connectivity index (χ4n) is 3.70. The molecule has 152 valence electrons. The molecule has 1 aromatic carbocycles. The maximum atomic E-state index is 12.5. The first-order valence-electron chi connectivity index (χ1n) is 9.64. The molecule has 1 unspecified atom stereocenters. The van der Waals surface area contributed by atoms with E-state index < -0.39 is 5.97 Å². The third-order valence-corrected chi connectivity index (χ3v) is 6.10. The first-order valence-corrected chi connectivity index (χ1v) is 10.5. The van der Waals surface area contributed by atoms with Crippen molar-refractivity contribution in [1.29, 1.82) is 0 Å². The first-order chi connectivity index (χ1) is 14.1. The largest absolute Gasteiger partial charge is 0.482 e. The predicted molar refractivity (Wildman–Crippen MR) is 108 cm³/mol. The van der Waals surface area contributed by atoms with Crippen molar-refractivity contribution in [2.24, 2.45) is 0 Å². The zero-order valence-electron chi connectivity index (χ0n) is 15.9. The van der Waals surface area contributed by atoms with Gasteiger partial charge in [-0.05, 0) is 54.5 Å². The van der Waals surface area contributed by atoms with Gasteiger partial charge in [0, 0.05) is 23.5 Å². The Kier molecular flexibility index (Phi) is 5.80. The van der Waals surface area contributed by atoms with Crippen molar-refractivity contribution in [3.05, 3.63) is 46.2 Å². The highest BCUT2D eigenvalue weighted by atomic mass is 32.1. The molecule has 0 spiro atoms. The minimum atomic E-state index is -0.587. The highest BCUT2D eigenvalue weighted by molar-refractivity contribution is 7.10. The van der Waals surface area contributed by atoms with Gasteiger partial charge in [-0.1, -0.05) is 6.07 Å². The highest BCUT2D eigenvalue weighted by Crippen LogP contribution is 2.34. The number of fused-ring (bicyclic) bond motifs is 1. The summed E-state index contributed by atoms with van der Waals surface area (Å²) in [4.78, 5) is 38.9. The Labute approximate surface area is 172 Å². The van der Waals surface area contributed by atoms with Gasteiger partial charge in [0.1, 0.15) is 5.75 Å². The van der Waals surface area contributed by atoms with Gasteiger partial charge >= 0.3 is 5.97 Å². The smallest absolute Gasteiger partial charge is 0.344 e. The Bertz CT molecular complexity index is 912. The molecule has 2 aromatic rings. The van der Waals surface area contributed by atoms with Crippen LogP contribution in [0.15, 0.2) is 35.7 Å². The van der Waals surface area contributed by atoms with Crippen LogP contribution in [-0.2, 0) is 25.5 Å². The lowest BCUT2D eigenvalue weighted by Crippen LogP contribution is -2.34. The zero-order chi connectivity index (χ0) is 20.2. The van der Waals surface area contributed by atoms with Crippen molar-refractivity contribution < 1.29 is 23.9 Å². The number of rotatable bonds is 6. The molecule has 7 nitrogen and oxygen atoms in total. The number of hydrogen-bond acceptors (Lipinski definition) is 6. The number of thiophene rings is 1. The van der Waals surface area contributed by atoms with Crippen LogP contribution < -0.4 is 10.1 Å². The number of esters is 1. The Balaban J connectivity index is 1.25. The molecule has 3 heterocycles. The summed E-state index contributed by atoms with van der Waals surface area (Å²) in [5.74, 6) is -0.241. The molecule has 2 aliphatic rings. The van der Waals surface area contributed by atoms with Crippen LogP contribution in [0.3, 0.4) is 0 Å². The minimum Gasteiger partial charge on any atom is -0.482 e. The van der Waals surface area contributed by atoms with Gasteiger partial charge in [0.2, 0.25) is 5.91 Å². The number of carbonyl (C=O) groups excluding carboxylic acids is 3. The fraction of sp³-hybridized carbons (Fsp3) is 0.381. The quantitative estimate of drug-likeness (QED) is 0.735. The third-order valence-electron chi connectivity index (χ3n) is 5.13. The molecule has 0 radical (unpaired) electrons. The van der Waals surface area contributed by atoms with Gasteiger partial charge in [-0.2, -0.15) is 0 Å². The number of carbonyl (C=O) groups is 3. The first kappa shape index (κ1) is 19.4. The Morgan fingerprint density at radius 3 is 2.93 bits per heavy atom. The van der Waals surface area contributed by atoms with Crippen molar-refractivity contribution in [3.8, 4) is 5.75 Å². The Morgan fingerprint density at radius 2 is 2.10 bits per heavy atom. The number of nitrogens with zero attached hydrogens (tertiary/aromatic N) is 1. The predicted octanol–water partition coefficient (Wildman–Crippen LogP) is 2.92. The van der Waals surface area contributed by atoms with E-state index in [0.717, 1.165) is 29.0 Å². The Morgan fingerprint density at radius 1 is 1.21 bits per heavy atom. The lowest BCUT2D eigenvalue weighted by molar-refractivity contribution is -0.154. The zero-order valence-corrected chi connectivity index (χ0v) is 16.7.